The molecule has 1 aromatic carbocycles. The van der Waals surface area contributed by atoms with Gasteiger partial charge in [-0.25, -0.2) is 4.39 Å². The maximum absolute atomic E-state index is 13.1. The molecule has 0 aliphatic rings. The summed E-state index contributed by atoms with van der Waals surface area (Å²) < 4.78 is 13.1. The number of nitrogens with one attached hydrogen (secondary N) is 1. The van der Waals surface area contributed by atoms with Crippen LogP contribution in [0.3, 0.4) is 0 Å². The van der Waals surface area contributed by atoms with Crippen molar-refractivity contribution in [2.24, 2.45) is 0 Å². The van der Waals surface area contributed by atoms with Crippen LogP contribution in [0, 0.1) is 12.7 Å². The number of halogens is 1. The second kappa shape index (κ2) is 3.94. The molecular weight excluding hydrogens is 213 g/mol. The summed E-state index contributed by atoms with van der Waals surface area (Å²) in [5.74, 6) is -0.244. The zero-order valence-corrected chi connectivity index (χ0v) is 9.23. The lowest BCUT2D eigenvalue weighted by Crippen LogP contribution is -1.84. The van der Waals surface area contributed by atoms with Gasteiger partial charge in [-0.2, -0.15) is 0 Å². The van der Waals surface area contributed by atoms with Gasteiger partial charge in [-0.05, 0) is 30.7 Å². The molecule has 3 nitrogen and oxygen atoms in total. The van der Waals surface area contributed by atoms with Crippen molar-refractivity contribution in [2.75, 3.05) is 12.4 Å². The van der Waals surface area contributed by atoms with Gasteiger partial charge in [-0.3, -0.25) is 0 Å². The maximum Gasteiger partial charge on any atom is 0.205 e. The Morgan fingerprint density at radius 3 is 2.67 bits per heavy atom. The fourth-order valence-corrected chi connectivity index (χ4v) is 1.98. The standard InChI is InChI=1S/C10H10FN3S/c1-6-3-7(5-8(11)4-6)9-13-14-10(12-2)15-9/h3-5H,1-2H3,(H,12,14). The Morgan fingerprint density at radius 1 is 1.27 bits per heavy atom. The zero-order valence-electron chi connectivity index (χ0n) is 8.41. The van der Waals surface area contributed by atoms with Crippen molar-refractivity contribution in [1.29, 1.82) is 0 Å². The molecule has 0 saturated carbocycles. The van der Waals surface area contributed by atoms with Gasteiger partial charge in [0.15, 0.2) is 0 Å². The highest BCUT2D eigenvalue weighted by atomic mass is 32.1. The first-order valence-electron chi connectivity index (χ1n) is 4.48. The number of aromatic nitrogens is 2. The van der Waals surface area contributed by atoms with Gasteiger partial charge in [0.1, 0.15) is 10.8 Å². The molecule has 0 amide bonds. The Labute approximate surface area is 91.0 Å². The summed E-state index contributed by atoms with van der Waals surface area (Å²) in [5, 5.41) is 12.2. The highest BCUT2D eigenvalue weighted by Crippen LogP contribution is 2.27. The molecular formula is C10H10FN3S. The van der Waals surface area contributed by atoms with Crippen molar-refractivity contribution in [3.05, 3.63) is 29.6 Å². The van der Waals surface area contributed by atoms with Crippen molar-refractivity contribution >= 4 is 16.5 Å². The topological polar surface area (TPSA) is 37.8 Å². The van der Waals surface area contributed by atoms with E-state index in [-0.39, 0.29) is 5.82 Å². The van der Waals surface area contributed by atoms with Crippen LogP contribution in [0.1, 0.15) is 5.56 Å². The first-order valence-corrected chi connectivity index (χ1v) is 5.29. The SMILES string of the molecule is CNc1nnc(-c2cc(C)cc(F)c2)s1. The monoisotopic (exact) mass is 223 g/mol. The van der Waals surface area contributed by atoms with E-state index in [1.54, 1.807) is 7.05 Å². The van der Waals surface area contributed by atoms with Gasteiger partial charge in [0.25, 0.3) is 0 Å². The van der Waals surface area contributed by atoms with Gasteiger partial charge in [0.2, 0.25) is 5.13 Å². The molecule has 1 N–H and O–H groups in total. The van der Waals surface area contributed by atoms with Gasteiger partial charge >= 0.3 is 0 Å². The summed E-state index contributed by atoms with van der Waals surface area (Å²) in [6.45, 7) is 1.85. The van der Waals surface area contributed by atoms with E-state index in [1.165, 1.54) is 23.5 Å². The molecule has 5 heteroatoms. The van der Waals surface area contributed by atoms with Crippen LogP contribution in [0.4, 0.5) is 9.52 Å². The van der Waals surface area contributed by atoms with Gasteiger partial charge in [0, 0.05) is 12.6 Å². The number of rotatable bonds is 2. The summed E-state index contributed by atoms with van der Waals surface area (Å²) in [7, 11) is 1.78. The van der Waals surface area contributed by atoms with E-state index in [1.807, 2.05) is 13.0 Å². The number of hydrogen-bond donors (Lipinski definition) is 1. The van der Waals surface area contributed by atoms with Crippen LogP contribution in [-0.2, 0) is 0 Å². The third kappa shape index (κ3) is 2.12. The van der Waals surface area contributed by atoms with E-state index < -0.39 is 0 Å². The summed E-state index contributed by atoms with van der Waals surface area (Å²) in [6.07, 6.45) is 0. The second-order valence-corrected chi connectivity index (χ2v) is 4.16. The van der Waals surface area contributed by atoms with Crippen LogP contribution < -0.4 is 5.32 Å². The fraction of sp³-hybridized carbons (Fsp3) is 0.200. The lowest BCUT2D eigenvalue weighted by atomic mass is 10.1. The third-order valence-electron chi connectivity index (χ3n) is 1.93. The average molecular weight is 223 g/mol. The molecule has 78 valence electrons. The van der Waals surface area contributed by atoms with E-state index in [4.69, 9.17) is 0 Å². The van der Waals surface area contributed by atoms with Gasteiger partial charge in [0.05, 0.1) is 0 Å². The molecule has 0 radical (unpaired) electrons. The Morgan fingerprint density at radius 2 is 2.07 bits per heavy atom. The summed E-state index contributed by atoms with van der Waals surface area (Å²) in [4.78, 5) is 0. The molecule has 0 atom stereocenters. The molecule has 0 unspecified atom stereocenters. The third-order valence-corrected chi connectivity index (χ3v) is 2.92. The van der Waals surface area contributed by atoms with Gasteiger partial charge < -0.3 is 5.32 Å². The Hall–Kier alpha value is -1.49. The molecule has 0 spiro atoms. The number of aryl methyl sites for hydroxylation is 1. The van der Waals surface area contributed by atoms with Crippen LogP contribution >= 0.6 is 11.3 Å². The number of nitrogens with zero attached hydrogens (tertiary/aromatic N) is 2. The van der Waals surface area contributed by atoms with Crippen LogP contribution in [0.25, 0.3) is 10.6 Å². The number of benzene rings is 1. The van der Waals surface area contributed by atoms with Crippen molar-refractivity contribution in [3.63, 3.8) is 0 Å². The van der Waals surface area contributed by atoms with Crippen LogP contribution in [0.2, 0.25) is 0 Å². The minimum atomic E-state index is -0.244. The Balaban J connectivity index is 2.44. The normalized spacial score (nSPS) is 10.3. The second-order valence-electron chi connectivity index (χ2n) is 3.18. The molecule has 0 bridgehead atoms. The fourth-order valence-electron chi connectivity index (χ4n) is 1.30. The lowest BCUT2D eigenvalue weighted by molar-refractivity contribution is 0.627. The molecule has 1 heterocycles. The number of anilines is 1. The Bertz CT molecular complexity index is 461. The summed E-state index contributed by atoms with van der Waals surface area (Å²) in [6, 6.07) is 4.85. The Kier molecular flexibility index (Phi) is 2.64. The van der Waals surface area contributed by atoms with Gasteiger partial charge in [-0.1, -0.05) is 11.3 Å². The van der Waals surface area contributed by atoms with E-state index >= 15 is 0 Å². The maximum atomic E-state index is 13.1. The van der Waals surface area contributed by atoms with Crippen LogP contribution in [-0.4, -0.2) is 17.2 Å². The average Bonchev–Trinajstić information content (AvgIpc) is 2.64. The molecule has 2 aromatic rings. The largest absolute Gasteiger partial charge is 0.363 e. The van der Waals surface area contributed by atoms with E-state index in [2.05, 4.69) is 15.5 Å². The first kappa shape index (κ1) is 10.0. The molecule has 2 rings (SSSR count). The van der Waals surface area contributed by atoms with E-state index in [0.717, 1.165) is 21.3 Å². The minimum Gasteiger partial charge on any atom is -0.363 e. The molecule has 0 aliphatic heterocycles. The molecule has 0 aliphatic carbocycles. The van der Waals surface area contributed by atoms with E-state index in [0.29, 0.717) is 0 Å². The number of hydrogen-bond acceptors (Lipinski definition) is 4. The lowest BCUT2D eigenvalue weighted by Gasteiger charge is -1.98. The van der Waals surface area contributed by atoms with E-state index in [9.17, 15) is 4.39 Å². The molecule has 15 heavy (non-hydrogen) atoms. The predicted molar refractivity (Wildman–Crippen MR) is 59.6 cm³/mol. The molecule has 0 saturated heterocycles. The first-order chi connectivity index (χ1) is 7.19. The smallest absolute Gasteiger partial charge is 0.205 e. The van der Waals surface area contributed by atoms with Crippen molar-refractivity contribution in [3.8, 4) is 10.6 Å². The molecule has 1 aromatic heterocycles. The highest BCUT2D eigenvalue weighted by Gasteiger charge is 2.07. The van der Waals surface area contributed by atoms with Gasteiger partial charge in [-0.15, -0.1) is 10.2 Å². The molecule has 0 fully saturated rings. The quantitative estimate of drug-likeness (QED) is 0.850. The zero-order chi connectivity index (χ0) is 10.8. The van der Waals surface area contributed by atoms with Crippen LogP contribution in [0.15, 0.2) is 18.2 Å². The highest BCUT2D eigenvalue weighted by molar-refractivity contribution is 7.18. The minimum absolute atomic E-state index is 0.244. The van der Waals surface area contributed by atoms with Crippen molar-refractivity contribution in [2.45, 2.75) is 6.92 Å². The van der Waals surface area contributed by atoms with Crippen molar-refractivity contribution in [1.82, 2.24) is 10.2 Å². The van der Waals surface area contributed by atoms with Crippen LogP contribution in [0.5, 0.6) is 0 Å². The predicted octanol–water partition coefficient (Wildman–Crippen LogP) is 2.69. The van der Waals surface area contributed by atoms with Crippen molar-refractivity contribution < 1.29 is 4.39 Å². The summed E-state index contributed by atoms with van der Waals surface area (Å²) in [5.41, 5.74) is 1.65. The summed E-state index contributed by atoms with van der Waals surface area (Å²) >= 11 is 1.40.